The maximum absolute atomic E-state index is 10.3. The van der Waals surface area contributed by atoms with Gasteiger partial charge in [-0.1, -0.05) is 18.1 Å². The first-order chi connectivity index (χ1) is 9.11. The summed E-state index contributed by atoms with van der Waals surface area (Å²) in [7, 11) is 1.64. The van der Waals surface area contributed by atoms with Gasteiger partial charge in [0, 0.05) is 18.2 Å². The summed E-state index contributed by atoms with van der Waals surface area (Å²) in [4.78, 5) is 0. The molecule has 1 aromatic carbocycles. The summed E-state index contributed by atoms with van der Waals surface area (Å²) in [5, 5.41) is 13.8. The Hall–Kier alpha value is -1.06. The Morgan fingerprint density at radius 3 is 2.74 bits per heavy atom. The summed E-state index contributed by atoms with van der Waals surface area (Å²) < 4.78 is 5.32. The number of hydrogen-bond donors (Lipinski definition) is 2. The van der Waals surface area contributed by atoms with E-state index < -0.39 is 6.10 Å². The quantitative estimate of drug-likeness (QED) is 0.829. The zero-order chi connectivity index (χ0) is 13.8. The van der Waals surface area contributed by atoms with E-state index in [1.54, 1.807) is 7.11 Å². The first-order valence-electron chi connectivity index (χ1n) is 7.17. The summed E-state index contributed by atoms with van der Waals surface area (Å²) in [6, 6.07) is 6.40. The average molecular weight is 263 g/mol. The molecule has 0 heterocycles. The molecule has 1 fully saturated rings. The predicted molar refractivity (Wildman–Crippen MR) is 77.5 cm³/mol. The zero-order valence-electron chi connectivity index (χ0n) is 12.1. The molecule has 0 bridgehead atoms. The molecule has 2 unspecified atom stereocenters. The van der Waals surface area contributed by atoms with Crippen LogP contribution in [0.1, 0.15) is 43.4 Å². The predicted octanol–water partition coefficient (Wildman–Crippen LogP) is 2.82. The molecule has 0 spiro atoms. The third-order valence-electron chi connectivity index (χ3n) is 4.23. The number of ether oxygens (including phenoxy) is 1. The fraction of sp³-hybridized carbons (Fsp3) is 0.625. The van der Waals surface area contributed by atoms with Crippen molar-refractivity contribution in [3.63, 3.8) is 0 Å². The van der Waals surface area contributed by atoms with Crippen LogP contribution in [0.4, 0.5) is 0 Å². The van der Waals surface area contributed by atoms with E-state index in [0.717, 1.165) is 22.8 Å². The molecule has 106 valence electrons. The smallest absolute Gasteiger partial charge is 0.124 e. The van der Waals surface area contributed by atoms with Gasteiger partial charge in [0.05, 0.1) is 13.2 Å². The number of methoxy groups -OCH3 is 1. The normalized spacial score (nSPS) is 18.7. The minimum Gasteiger partial charge on any atom is -0.496 e. The monoisotopic (exact) mass is 263 g/mol. The summed E-state index contributed by atoms with van der Waals surface area (Å²) in [6.07, 6.45) is 3.47. The molecule has 1 saturated carbocycles. The van der Waals surface area contributed by atoms with Crippen molar-refractivity contribution >= 4 is 0 Å². The Kier molecular flexibility index (Phi) is 4.83. The van der Waals surface area contributed by atoms with Crippen molar-refractivity contribution in [1.29, 1.82) is 0 Å². The molecular formula is C16H25NO2. The second-order valence-corrected chi connectivity index (χ2v) is 5.65. The van der Waals surface area contributed by atoms with Crippen LogP contribution in [0.15, 0.2) is 18.2 Å². The minimum atomic E-state index is -0.516. The van der Waals surface area contributed by atoms with E-state index >= 15 is 0 Å². The molecule has 2 N–H and O–H groups in total. The Balaban J connectivity index is 1.94. The average Bonchev–Trinajstić information content (AvgIpc) is 2.33. The van der Waals surface area contributed by atoms with Gasteiger partial charge in [-0.25, -0.2) is 0 Å². The molecular weight excluding hydrogens is 238 g/mol. The van der Waals surface area contributed by atoms with Gasteiger partial charge in [-0.3, -0.25) is 0 Å². The number of aryl methyl sites for hydroxylation is 1. The van der Waals surface area contributed by atoms with Crippen LogP contribution in [-0.2, 0) is 0 Å². The lowest BCUT2D eigenvalue weighted by atomic mass is 9.80. The summed E-state index contributed by atoms with van der Waals surface area (Å²) in [6.45, 7) is 4.82. The Labute approximate surface area is 116 Å². The molecule has 1 aromatic rings. The maximum Gasteiger partial charge on any atom is 0.124 e. The molecule has 0 aliphatic heterocycles. The molecule has 3 heteroatoms. The van der Waals surface area contributed by atoms with Crippen molar-refractivity contribution in [3.05, 3.63) is 29.3 Å². The van der Waals surface area contributed by atoms with E-state index in [0.29, 0.717) is 12.6 Å². The van der Waals surface area contributed by atoms with Gasteiger partial charge in [-0.2, -0.15) is 0 Å². The first kappa shape index (κ1) is 14.4. The van der Waals surface area contributed by atoms with Crippen LogP contribution in [0, 0.1) is 12.8 Å². The van der Waals surface area contributed by atoms with Gasteiger partial charge < -0.3 is 15.2 Å². The fourth-order valence-electron chi connectivity index (χ4n) is 2.63. The van der Waals surface area contributed by atoms with Crippen LogP contribution in [0.5, 0.6) is 5.75 Å². The van der Waals surface area contributed by atoms with Crippen LogP contribution in [-0.4, -0.2) is 24.8 Å². The van der Waals surface area contributed by atoms with Gasteiger partial charge >= 0.3 is 0 Å². The molecule has 0 saturated heterocycles. The lowest BCUT2D eigenvalue weighted by Crippen LogP contribution is -2.39. The molecule has 19 heavy (non-hydrogen) atoms. The SMILES string of the molecule is COc1ccc(C)cc1C(O)CNC(C)C1CCC1. The second-order valence-electron chi connectivity index (χ2n) is 5.65. The van der Waals surface area contributed by atoms with Crippen molar-refractivity contribution in [3.8, 4) is 5.75 Å². The number of rotatable bonds is 6. The zero-order valence-corrected chi connectivity index (χ0v) is 12.1. The summed E-state index contributed by atoms with van der Waals surface area (Å²) >= 11 is 0. The van der Waals surface area contributed by atoms with Crippen molar-refractivity contribution in [2.24, 2.45) is 5.92 Å². The first-order valence-corrected chi connectivity index (χ1v) is 7.17. The summed E-state index contributed by atoms with van der Waals surface area (Å²) in [5.74, 6) is 1.54. The minimum absolute atomic E-state index is 0.485. The highest BCUT2D eigenvalue weighted by Crippen LogP contribution is 2.30. The van der Waals surface area contributed by atoms with Gasteiger partial charge in [0.25, 0.3) is 0 Å². The molecule has 0 amide bonds. The largest absolute Gasteiger partial charge is 0.496 e. The van der Waals surface area contributed by atoms with E-state index in [-0.39, 0.29) is 0 Å². The number of aliphatic hydroxyl groups is 1. The highest BCUT2D eigenvalue weighted by Gasteiger charge is 2.24. The van der Waals surface area contributed by atoms with E-state index in [9.17, 15) is 5.11 Å². The van der Waals surface area contributed by atoms with Crippen LogP contribution in [0.2, 0.25) is 0 Å². The fourth-order valence-corrected chi connectivity index (χ4v) is 2.63. The highest BCUT2D eigenvalue weighted by atomic mass is 16.5. The number of nitrogens with one attached hydrogen (secondary N) is 1. The summed E-state index contributed by atoms with van der Waals surface area (Å²) in [5.41, 5.74) is 2.01. The van der Waals surface area contributed by atoms with Crippen molar-refractivity contribution in [1.82, 2.24) is 5.32 Å². The molecule has 1 aliphatic rings. The van der Waals surface area contributed by atoms with E-state index in [1.165, 1.54) is 19.3 Å². The Morgan fingerprint density at radius 2 is 2.16 bits per heavy atom. The van der Waals surface area contributed by atoms with Crippen LogP contribution in [0.3, 0.4) is 0 Å². The number of aliphatic hydroxyl groups excluding tert-OH is 1. The van der Waals surface area contributed by atoms with Gasteiger partial charge in [0.15, 0.2) is 0 Å². The molecule has 3 nitrogen and oxygen atoms in total. The van der Waals surface area contributed by atoms with Gasteiger partial charge in [0.1, 0.15) is 5.75 Å². The Morgan fingerprint density at radius 1 is 1.42 bits per heavy atom. The van der Waals surface area contributed by atoms with Gasteiger partial charge in [-0.05, 0) is 44.7 Å². The van der Waals surface area contributed by atoms with Crippen molar-refractivity contribution < 1.29 is 9.84 Å². The topological polar surface area (TPSA) is 41.5 Å². The second kappa shape index (κ2) is 6.40. The van der Waals surface area contributed by atoms with Gasteiger partial charge in [0.2, 0.25) is 0 Å². The van der Waals surface area contributed by atoms with Crippen molar-refractivity contribution in [2.45, 2.75) is 45.3 Å². The number of benzene rings is 1. The third kappa shape index (κ3) is 3.48. The molecule has 1 aliphatic carbocycles. The molecule has 2 rings (SSSR count). The molecule has 2 atom stereocenters. The van der Waals surface area contributed by atoms with E-state index in [2.05, 4.69) is 12.2 Å². The van der Waals surface area contributed by atoms with Crippen molar-refractivity contribution in [2.75, 3.05) is 13.7 Å². The Bertz CT molecular complexity index is 415. The van der Waals surface area contributed by atoms with E-state index in [4.69, 9.17) is 4.74 Å². The van der Waals surface area contributed by atoms with E-state index in [1.807, 2.05) is 25.1 Å². The molecule has 0 radical (unpaired) electrons. The highest BCUT2D eigenvalue weighted by molar-refractivity contribution is 5.38. The lowest BCUT2D eigenvalue weighted by Gasteiger charge is -2.32. The maximum atomic E-state index is 10.3. The van der Waals surface area contributed by atoms with Crippen LogP contribution < -0.4 is 10.1 Å². The standard InChI is InChI=1S/C16H25NO2/c1-11-7-8-16(19-3)14(9-11)15(18)10-17-12(2)13-5-4-6-13/h7-9,12-13,15,17-18H,4-6,10H2,1-3H3. The van der Waals surface area contributed by atoms with Gasteiger partial charge in [-0.15, -0.1) is 0 Å². The lowest BCUT2D eigenvalue weighted by molar-refractivity contribution is 0.152. The molecule has 0 aromatic heterocycles. The van der Waals surface area contributed by atoms with Crippen LogP contribution >= 0.6 is 0 Å². The van der Waals surface area contributed by atoms with Crippen LogP contribution in [0.25, 0.3) is 0 Å². The number of hydrogen-bond acceptors (Lipinski definition) is 3. The third-order valence-corrected chi connectivity index (χ3v) is 4.23.